The summed E-state index contributed by atoms with van der Waals surface area (Å²) in [6.45, 7) is 7.82. The minimum Gasteiger partial charge on any atom is -0.484 e. The van der Waals surface area contributed by atoms with E-state index in [1.807, 2.05) is 56.3 Å². The molecule has 1 fully saturated rings. The molecule has 0 spiro atoms. The number of aromatic nitrogens is 2. The van der Waals surface area contributed by atoms with E-state index in [1.165, 1.54) is 0 Å². The van der Waals surface area contributed by atoms with E-state index in [4.69, 9.17) is 14.7 Å². The predicted octanol–water partition coefficient (Wildman–Crippen LogP) is 3.02. The Kier molecular flexibility index (Phi) is 5.81. The van der Waals surface area contributed by atoms with Crippen molar-refractivity contribution in [2.75, 3.05) is 50.1 Å². The van der Waals surface area contributed by atoms with Gasteiger partial charge < -0.3 is 19.9 Å². The molecule has 0 saturated carbocycles. The van der Waals surface area contributed by atoms with E-state index in [2.05, 4.69) is 22.2 Å². The Balaban J connectivity index is 1.43. The van der Waals surface area contributed by atoms with E-state index in [-0.39, 0.29) is 12.5 Å². The normalized spacial score (nSPS) is 14.7. The molecule has 2 aromatic carbocycles. The fourth-order valence-electron chi connectivity index (χ4n) is 3.47. The molecule has 7 nitrogen and oxygen atoms in total. The van der Waals surface area contributed by atoms with Crippen LogP contribution in [0.15, 0.2) is 42.5 Å². The van der Waals surface area contributed by atoms with Crippen LogP contribution in [-0.4, -0.2) is 60.6 Å². The number of carbonyl (C=O) groups is 1. The summed E-state index contributed by atoms with van der Waals surface area (Å²) in [5, 5.41) is 3.83. The lowest BCUT2D eigenvalue weighted by Crippen LogP contribution is -2.45. The molecule has 0 radical (unpaired) electrons. The van der Waals surface area contributed by atoms with Crippen LogP contribution in [0.3, 0.4) is 0 Å². The highest BCUT2D eigenvalue weighted by Crippen LogP contribution is 2.23. The zero-order valence-corrected chi connectivity index (χ0v) is 17.7. The molecule has 0 aliphatic carbocycles. The number of amides is 1. The highest BCUT2D eigenvalue weighted by molar-refractivity contribution is 5.95. The van der Waals surface area contributed by atoms with Crippen molar-refractivity contribution in [3.8, 4) is 5.75 Å². The first-order valence-corrected chi connectivity index (χ1v) is 10.2. The van der Waals surface area contributed by atoms with Gasteiger partial charge in [-0.1, -0.05) is 17.7 Å². The number of nitrogens with zero attached hydrogens (tertiary/aromatic N) is 4. The average Bonchev–Trinajstić information content (AvgIpc) is 2.74. The third-order valence-corrected chi connectivity index (χ3v) is 5.34. The molecule has 0 bridgehead atoms. The number of ether oxygens (including phenoxy) is 1. The number of fused-ring (bicyclic) bond motifs is 1. The summed E-state index contributed by atoms with van der Waals surface area (Å²) in [7, 11) is 2.13. The number of piperazine rings is 1. The van der Waals surface area contributed by atoms with Crippen molar-refractivity contribution in [1.29, 1.82) is 0 Å². The SMILES string of the molecule is Cc1ccc(OCC(=O)Nc2ccc3nc(N4CCN(C)CC4)nc(C)c3c2)cc1. The lowest BCUT2D eigenvalue weighted by atomic mass is 10.1. The van der Waals surface area contributed by atoms with Gasteiger partial charge in [0.15, 0.2) is 6.61 Å². The Hall–Kier alpha value is -3.19. The molecule has 7 heteroatoms. The Morgan fingerprint density at radius 3 is 2.50 bits per heavy atom. The van der Waals surface area contributed by atoms with Gasteiger partial charge in [0, 0.05) is 37.3 Å². The number of hydrogen-bond acceptors (Lipinski definition) is 6. The average molecular weight is 406 g/mol. The number of rotatable bonds is 5. The molecule has 0 unspecified atom stereocenters. The predicted molar refractivity (Wildman–Crippen MR) is 119 cm³/mol. The van der Waals surface area contributed by atoms with E-state index < -0.39 is 0 Å². The fourth-order valence-corrected chi connectivity index (χ4v) is 3.47. The minimum atomic E-state index is -0.206. The van der Waals surface area contributed by atoms with Gasteiger partial charge in [0.1, 0.15) is 5.75 Å². The van der Waals surface area contributed by atoms with Gasteiger partial charge in [0.2, 0.25) is 5.95 Å². The first kappa shape index (κ1) is 20.1. The van der Waals surface area contributed by atoms with Gasteiger partial charge in [0.05, 0.1) is 11.2 Å². The van der Waals surface area contributed by atoms with Crippen molar-refractivity contribution in [2.45, 2.75) is 13.8 Å². The van der Waals surface area contributed by atoms with E-state index in [0.29, 0.717) is 11.4 Å². The van der Waals surface area contributed by atoms with Crippen molar-refractivity contribution in [3.05, 3.63) is 53.7 Å². The van der Waals surface area contributed by atoms with Crippen LogP contribution in [0, 0.1) is 13.8 Å². The molecule has 0 atom stereocenters. The molecule has 2 heterocycles. The third kappa shape index (κ3) is 4.68. The van der Waals surface area contributed by atoms with Crippen molar-refractivity contribution in [2.24, 2.45) is 0 Å². The van der Waals surface area contributed by atoms with E-state index in [0.717, 1.165) is 54.3 Å². The molecule has 1 amide bonds. The van der Waals surface area contributed by atoms with Crippen molar-refractivity contribution >= 4 is 28.4 Å². The van der Waals surface area contributed by atoms with Crippen LogP contribution >= 0.6 is 0 Å². The molecule has 1 aromatic heterocycles. The largest absolute Gasteiger partial charge is 0.484 e. The summed E-state index contributed by atoms with van der Waals surface area (Å²) in [4.78, 5) is 26.3. The maximum atomic E-state index is 12.3. The van der Waals surface area contributed by atoms with Gasteiger partial charge in [-0.25, -0.2) is 9.97 Å². The summed E-state index contributed by atoms with van der Waals surface area (Å²) in [6, 6.07) is 13.3. The van der Waals surface area contributed by atoms with Gasteiger partial charge in [-0.2, -0.15) is 0 Å². The number of likely N-dealkylation sites (N-methyl/N-ethyl adjacent to an activating group) is 1. The van der Waals surface area contributed by atoms with Crippen LogP contribution in [0.1, 0.15) is 11.3 Å². The molecule has 4 rings (SSSR count). The number of carbonyl (C=O) groups excluding carboxylic acids is 1. The first-order valence-electron chi connectivity index (χ1n) is 10.2. The molecule has 3 aromatic rings. The second-order valence-electron chi connectivity index (χ2n) is 7.78. The lowest BCUT2D eigenvalue weighted by Gasteiger charge is -2.32. The van der Waals surface area contributed by atoms with Gasteiger partial charge in [-0.05, 0) is 51.2 Å². The Labute approximate surface area is 176 Å². The van der Waals surface area contributed by atoms with Crippen LogP contribution < -0.4 is 15.0 Å². The highest BCUT2D eigenvalue weighted by atomic mass is 16.5. The number of nitrogens with one attached hydrogen (secondary N) is 1. The van der Waals surface area contributed by atoms with Gasteiger partial charge in [0.25, 0.3) is 5.91 Å². The molecule has 156 valence electrons. The zero-order valence-electron chi connectivity index (χ0n) is 17.7. The van der Waals surface area contributed by atoms with Crippen LogP contribution in [0.5, 0.6) is 5.75 Å². The van der Waals surface area contributed by atoms with Crippen LogP contribution in [0.2, 0.25) is 0 Å². The number of benzene rings is 2. The summed E-state index contributed by atoms with van der Waals surface area (Å²) >= 11 is 0. The fraction of sp³-hybridized carbons (Fsp3) is 0.348. The van der Waals surface area contributed by atoms with E-state index in [1.54, 1.807) is 0 Å². The maximum Gasteiger partial charge on any atom is 0.262 e. The number of anilines is 2. The molecule has 30 heavy (non-hydrogen) atoms. The third-order valence-electron chi connectivity index (χ3n) is 5.34. The minimum absolute atomic E-state index is 0.0427. The second-order valence-corrected chi connectivity index (χ2v) is 7.78. The lowest BCUT2D eigenvalue weighted by molar-refractivity contribution is -0.118. The molecule has 1 aliphatic heterocycles. The Morgan fingerprint density at radius 2 is 1.77 bits per heavy atom. The topological polar surface area (TPSA) is 70.6 Å². The highest BCUT2D eigenvalue weighted by Gasteiger charge is 2.18. The van der Waals surface area contributed by atoms with Crippen molar-refractivity contribution in [3.63, 3.8) is 0 Å². The summed E-state index contributed by atoms with van der Waals surface area (Å²) in [5.74, 6) is 1.24. The number of aryl methyl sites for hydroxylation is 2. The van der Waals surface area contributed by atoms with Gasteiger partial charge >= 0.3 is 0 Å². The summed E-state index contributed by atoms with van der Waals surface area (Å²) < 4.78 is 5.55. The maximum absolute atomic E-state index is 12.3. The van der Waals surface area contributed by atoms with Crippen molar-refractivity contribution in [1.82, 2.24) is 14.9 Å². The summed E-state index contributed by atoms with van der Waals surface area (Å²) in [5.41, 5.74) is 3.64. The van der Waals surface area contributed by atoms with E-state index >= 15 is 0 Å². The molecule has 1 aliphatic rings. The zero-order chi connectivity index (χ0) is 21.1. The molecule has 1 saturated heterocycles. The monoisotopic (exact) mass is 405 g/mol. The van der Waals surface area contributed by atoms with E-state index in [9.17, 15) is 4.79 Å². The second kappa shape index (κ2) is 8.67. The quantitative estimate of drug-likeness (QED) is 0.704. The van der Waals surface area contributed by atoms with Crippen LogP contribution in [-0.2, 0) is 4.79 Å². The molecular formula is C23H27N5O2. The van der Waals surface area contributed by atoms with Gasteiger partial charge in [-0.3, -0.25) is 4.79 Å². The Bertz CT molecular complexity index is 1040. The smallest absolute Gasteiger partial charge is 0.262 e. The molecule has 1 N–H and O–H groups in total. The standard InChI is InChI=1S/C23H27N5O2/c1-16-4-7-19(8-5-16)30-15-22(29)25-18-6-9-21-20(14-18)17(2)24-23(26-21)28-12-10-27(3)11-13-28/h4-9,14H,10-13,15H2,1-3H3,(H,25,29). The number of hydrogen-bond donors (Lipinski definition) is 1. The van der Waals surface area contributed by atoms with Crippen LogP contribution in [0.25, 0.3) is 10.9 Å². The molecular weight excluding hydrogens is 378 g/mol. The van der Waals surface area contributed by atoms with Crippen molar-refractivity contribution < 1.29 is 9.53 Å². The first-order chi connectivity index (χ1) is 14.5. The van der Waals surface area contributed by atoms with Gasteiger partial charge in [-0.15, -0.1) is 0 Å². The summed E-state index contributed by atoms with van der Waals surface area (Å²) in [6.07, 6.45) is 0. The Morgan fingerprint density at radius 1 is 1.03 bits per heavy atom. The van der Waals surface area contributed by atoms with Crippen LogP contribution in [0.4, 0.5) is 11.6 Å².